The zero-order valence-electron chi connectivity index (χ0n) is 13.8. The van der Waals surface area contributed by atoms with E-state index in [0.29, 0.717) is 16.8 Å². The van der Waals surface area contributed by atoms with Crippen molar-refractivity contribution in [2.45, 2.75) is 30.7 Å². The van der Waals surface area contributed by atoms with Gasteiger partial charge in [0, 0.05) is 17.8 Å². The van der Waals surface area contributed by atoms with Gasteiger partial charge in [-0.2, -0.15) is 0 Å². The number of nitrogens with zero attached hydrogens (tertiary/aromatic N) is 2. The van der Waals surface area contributed by atoms with Crippen LogP contribution in [0.5, 0.6) is 0 Å². The Hall–Kier alpha value is -1.74. The number of aryl methyl sites for hydroxylation is 1. The molecule has 0 atom stereocenters. The Morgan fingerprint density at radius 1 is 1.32 bits per heavy atom. The van der Waals surface area contributed by atoms with Crippen LogP contribution in [0, 0.1) is 6.92 Å². The number of nitrogen functional groups attached to an aromatic ring is 1. The van der Waals surface area contributed by atoms with Crippen molar-refractivity contribution in [3.63, 3.8) is 0 Å². The van der Waals surface area contributed by atoms with Crippen molar-refractivity contribution < 1.29 is 8.42 Å². The highest BCUT2D eigenvalue weighted by Crippen LogP contribution is 2.29. The van der Waals surface area contributed by atoms with E-state index in [2.05, 4.69) is 20.0 Å². The molecule has 0 amide bonds. The monoisotopic (exact) mass is 381 g/mol. The van der Waals surface area contributed by atoms with Gasteiger partial charge in [-0.1, -0.05) is 17.7 Å². The van der Waals surface area contributed by atoms with E-state index in [1.807, 2.05) is 0 Å². The number of anilines is 1. The standard InChI is InChI=1S/C16H20ClN5O2S/c1-10-13(9-20-16(18)21-10)11-2-3-14(17)15(8-11)25(23,24)22-12-4-6-19-7-5-12/h2-3,8-9,12,19,22H,4-7H2,1H3,(H2,18,20,21). The summed E-state index contributed by atoms with van der Waals surface area (Å²) < 4.78 is 28.3. The van der Waals surface area contributed by atoms with Crippen molar-refractivity contribution >= 4 is 27.6 Å². The molecule has 9 heteroatoms. The SMILES string of the molecule is Cc1nc(N)ncc1-c1ccc(Cl)c(S(=O)(=O)NC2CCNCC2)c1. The molecule has 0 radical (unpaired) electrons. The Morgan fingerprint density at radius 2 is 2.04 bits per heavy atom. The molecule has 1 aliphatic heterocycles. The second-order valence-corrected chi connectivity index (χ2v) is 8.11. The lowest BCUT2D eigenvalue weighted by Crippen LogP contribution is -2.42. The van der Waals surface area contributed by atoms with Crippen LogP contribution in [0.4, 0.5) is 5.95 Å². The van der Waals surface area contributed by atoms with Crippen molar-refractivity contribution in [3.8, 4) is 11.1 Å². The van der Waals surface area contributed by atoms with Crippen molar-refractivity contribution in [3.05, 3.63) is 35.1 Å². The molecule has 1 aromatic heterocycles. The highest BCUT2D eigenvalue weighted by atomic mass is 35.5. The molecule has 0 bridgehead atoms. The number of nitrogens with two attached hydrogens (primary N) is 1. The van der Waals surface area contributed by atoms with Gasteiger partial charge in [-0.05, 0) is 50.6 Å². The summed E-state index contributed by atoms with van der Waals surface area (Å²) in [5, 5.41) is 3.39. The molecule has 25 heavy (non-hydrogen) atoms. The molecule has 0 saturated carbocycles. The van der Waals surface area contributed by atoms with E-state index in [4.69, 9.17) is 17.3 Å². The molecule has 1 saturated heterocycles. The van der Waals surface area contributed by atoms with Gasteiger partial charge in [-0.15, -0.1) is 0 Å². The van der Waals surface area contributed by atoms with Crippen molar-refractivity contribution in [2.24, 2.45) is 0 Å². The number of piperidine rings is 1. The minimum absolute atomic E-state index is 0.0569. The number of rotatable bonds is 4. The minimum atomic E-state index is -3.72. The van der Waals surface area contributed by atoms with Crippen LogP contribution in [-0.2, 0) is 10.0 Å². The Labute approximate surface area is 152 Å². The van der Waals surface area contributed by atoms with Gasteiger partial charge in [0.05, 0.1) is 10.7 Å². The Balaban J connectivity index is 1.95. The van der Waals surface area contributed by atoms with Crippen LogP contribution < -0.4 is 15.8 Å². The highest BCUT2D eigenvalue weighted by molar-refractivity contribution is 7.89. The van der Waals surface area contributed by atoms with Gasteiger partial charge in [-0.3, -0.25) is 0 Å². The summed E-state index contributed by atoms with van der Waals surface area (Å²) in [7, 11) is -3.72. The third-order valence-corrected chi connectivity index (χ3v) is 6.19. The molecule has 1 aromatic carbocycles. The number of halogens is 1. The third-order valence-electron chi connectivity index (χ3n) is 4.19. The quantitative estimate of drug-likeness (QED) is 0.743. The first-order valence-electron chi connectivity index (χ1n) is 7.99. The van der Waals surface area contributed by atoms with Gasteiger partial charge in [0.2, 0.25) is 16.0 Å². The molecule has 134 valence electrons. The second-order valence-electron chi connectivity index (χ2n) is 6.02. The van der Waals surface area contributed by atoms with E-state index < -0.39 is 10.0 Å². The summed E-state index contributed by atoms with van der Waals surface area (Å²) in [6.07, 6.45) is 3.08. The smallest absolute Gasteiger partial charge is 0.242 e. The van der Waals surface area contributed by atoms with Gasteiger partial charge in [0.1, 0.15) is 4.90 Å². The summed E-state index contributed by atoms with van der Waals surface area (Å²) >= 11 is 6.17. The van der Waals surface area contributed by atoms with E-state index in [1.165, 1.54) is 0 Å². The van der Waals surface area contributed by atoms with Gasteiger partial charge >= 0.3 is 0 Å². The van der Waals surface area contributed by atoms with Gasteiger partial charge < -0.3 is 11.1 Å². The summed E-state index contributed by atoms with van der Waals surface area (Å²) in [5.74, 6) is 0.177. The summed E-state index contributed by atoms with van der Waals surface area (Å²) in [6.45, 7) is 3.38. The fourth-order valence-corrected chi connectivity index (χ4v) is 4.70. The Bertz CT molecular complexity index is 882. The van der Waals surface area contributed by atoms with E-state index in [1.54, 1.807) is 31.3 Å². The minimum Gasteiger partial charge on any atom is -0.368 e. The van der Waals surface area contributed by atoms with Crippen LogP contribution in [0.25, 0.3) is 11.1 Å². The van der Waals surface area contributed by atoms with Gasteiger partial charge in [-0.25, -0.2) is 23.1 Å². The average Bonchev–Trinajstić information content (AvgIpc) is 2.56. The molecule has 2 heterocycles. The van der Waals surface area contributed by atoms with Gasteiger partial charge in [0.25, 0.3) is 0 Å². The summed E-state index contributed by atoms with van der Waals surface area (Å²) in [4.78, 5) is 8.16. The molecule has 0 unspecified atom stereocenters. The lowest BCUT2D eigenvalue weighted by molar-refractivity contribution is 0.427. The highest BCUT2D eigenvalue weighted by Gasteiger charge is 2.24. The van der Waals surface area contributed by atoms with Crippen molar-refractivity contribution in [1.82, 2.24) is 20.0 Å². The summed E-state index contributed by atoms with van der Waals surface area (Å²) in [6, 6.07) is 4.78. The average molecular weight is 382 g/mol. The fraction of sp³-hybridized carbons (Fsp3) is 0.375. The zero-order valence-corrected chi connectivity index (χ0v) is 15.4. The maximum Gasteiger partial charge on any atom is 0.242 e. The number of sulfonamides is 1. The van der Waals surface area contributed by atoms with Crippen LogP contribution in [0.2, 0.25) is 5.02 Å². The number of aromatic nitrogens is 2. The molecular weight excluding hydrogens is 362 g/mol. The lowest BCUT2D eigenvalue weighted by atomic mass is 10.1. The summed E-state index contributed by atoms with van der Waals surface area (Å²) in [5.41, 5.74) is 7.64. The first-order valence-corrected chi connectivity index (χ1v) is 9.85. The van der Waals surface area contributed by atoms with Gasteiger partial charge in [0.15, 0.2) is 0 Å². The van der Waals surface area contributed by atoms with E-state index in [0.717, 1.165) is 25.9 Å². The molecule has 4 N–H and O–H groups in total. The first-order chi connectivity index (χ1) is 11.9. The molecule has 7 nitrogen and oxygen atoms in total. The molecular formula is C16H20ClN5O2S. The maximum absolute atomic E-state index is 12.8. The van der Waals surface area contributed by atoms with Crippen molar-refractivity contribution in [2.75, 3.05) is 18.8 Å². The predicted molar refractivity (Wildman–Crippen MR) is 97.8 cm³/mol. The van der Waals surface area contributed by atoms with E-state index in [-0.39, 0.29) is 21.9 Å². The third kappa shape index (κ3) is 4.09. The lowest BCUT2D eigenvalue weighted by Gasteiger charge is -2.23. The maximum atomic E-state index is 12.8. The largest absolute Gasteiger partial charge is 0.368 e. The van der Waals surface area contributed by atoms with E-state index >= 15 is 0 Å². The fourth-order valence-electron chi connectivity index (χ4n) is 2.87. The Morgan fingerprint density at radius 3 is 2.72 bits per heavy atom. The zero-order chi connectivity index (χ0) is 18.0. The molecule has 1 aliphatic rings. The number of nitrogens with one attached hydrogen (secondary N) is 2. The second kappa shape index (κ2) is 7.25. The van der Waals surface area contributed by atoms with Crippen LogP contribution in [-0.4, -0.2) is 37.5 Å². The van der Waals surface area contributed by atoms with Crippen molar-refractivity contribution in [1.29, 1.82) is 0 Å². The van der Waals surface area contributed by atoms with Crippen LogP contribution in [0.3, 0.4) is 0 Å². The predicted octanol–water partition coefficient (Wildman–Crippen LogP) is 1.72. The molecule has 0 spiro atoms. The molecule has 1 fully saturated rings. The molecule has 3 rings (SSSR count). The topological polar surface area (TPSA) is 110 Å². The van der Waals surface area contributed by atoms with Crippen LogP contribution in [0.1, 0.15) is 18.5 Å². The van der Waals surface area contributed by atoms with Crippen LogP contribution >= 0.6 is 11.6 Å². The first kappa shape index (κ1) is 18.1. The normalized spacial score (nSPS) is 16.1. The Kier molecular flexibility index (Phi) is 5.24. The number of hydrogen-bond acceptors (Lipinski definition) is 6. The molecule has 2 aromatic rings. The number of benzene rings is 1. The molecule has 0 aliphatic carbocycles. The van der Waals surface area contributed by atoms with E-state index in [9.17, 15) is 8.42 Å². The number of hydrogen-bond donors (Lipinski definition) is 3. The van der Waals surface area contributed by atoms with Crippen LogP contribution in [0.15, 0.2) is 29.3 Å².